The molecular weight excluding hydrogens is 214 g/mol. The zero-order valence-electron chi connectivity index (χ0n) is 8.56. The fourth-order valence-electron chi connectivity index (χ4n) is 1.09. The summed E-state index contributed by atoms with van der Waals surface area (Å²) in [4.78, 5) is 26.2. The van der Waals surface area contributed by atoms with Gasteiger partial charge in [-0.1, -0.05) is 0 Å². The number of Topliss-reactive ketones (excluding diaryl/α,β-unsaturated/α-hetero) is 1. The van der Waals surface area contributed by atoms with Crippen LogP contribution in [0, 0.1) is 0 Å². The first-order valence-corrected chi connectivity index (χ1v) is 5.57. The summed E-state index contributed by atoms with van der Waals surface area (Å²) in [5.74, 6) is -0.256. The molecule has 0 bridgehead atoms. The Labute approximate surface area is 92.3 Å². The van der Waals surface area contributed by atoms with Gasteiger partial charge in [0.05, 0.1) is 18.5 Å². The molecule has 1 aromatic rings. The van der Waals surface area contributed by atoms with Crippen LogP contribution in [0.5, 0.6) is 0 Å². The lowest BCUT2D eigenvalue weighted by molar-refractivity contribution is -0.141. The molecule has 0 unspecified atom stereocenters. The molecule has 4 nitrogen and oxygen atoms in total. The SMILES string of the molecule is COC(=O)CCC(=O)CCc1nccs1. The molecule has 1 aromatic heterocycles. The molecule has 1 heterocycles. The van der Waals surface area contributed by atoms with Gasteiger partial charge in [-0.3, -0.25) is 9.59 Å². The highest BCUT2D eigenvalue weighted by atomic mass is 32.1. The van der Waals surface area contributed by atoms with Crippen LogP contribution in [-0.2, 0) is 20.7 Å². The number of hydrogen-bond donors (Lipinski definition) is 0. The number of nitrogens with zero attached hydrogens (tertiary/aromatic N) is 1. The van der Waals surface area contributed by atoms with Crippen LogP contribution < -0.4 is 0 Å². The van der Waals surface area contributed by atoms with E-state index in [9.17, 15) is 9.59 Å². The van der Waals surface area contributed by atoms with E-state index in [2.05, 4.69) is 9.72 Å². The third-order valence-corrected chi connectivity index (χ3v) is 2.78. The zero-order valence-corrected chi connectivity index (χ0v) is 9.38. The first kappa shape index (κ1) is 11.8. The second-order valence-electron chi connectivity index (χ2n) is 3.04. The first-order chi connectivity index (χ1) is 7.22. The van der Waals surface area contributed by atoms with Gasteiger partial charge >= 0.3 is 5.97 Å². The van der Waals surface area contributed by atoms with Crippen LogP contribution in [0.15, 0.2) is 11.6 Å². The Balaban J connectivity index is 2.16. The van der Waals surface area contributed by atoms with Crippen molar-refractivity contribution in [2.75, 3.05) is 7.11 Å². The van der Waals surface area contributed by atoms with E-state index in [1.54, 1.807) is 6.20 Å². The van der Waals surface area contributed by atoms with E-state index in [1.165, 1.54) is 18.4 Å². The van der Waals surface area contributed by atoms with Crippen LogP contribution in [0.4, 0.5) is 0 Å². The average molecular weight is 227 g/mol. The molecule has 0 spiro atoms. The van der Waals surface area contributed by atoms with Crippen LogP contribution in [0.2, 0.25) is 0 Å². The molecule has 5 heteroatoms. The van der Waals surface area contributed by atoms with Gasteiger partial charge < -0.3 is 4.74 Å². The van der Waals surface area contributed by atoms with Gasteiger partial charge in [0.25, 0.3) is 0 Å². The molecule has 82 valence electrons. The van der Waals surface area contributed by atoms with Crippen LogP contribution in [0.1, 0.15) is 24.3 Å². The van der Waals surface area contributed by atoms with Crippen LogP contribution >= 0.6 is 11.3 Å². The molecule has 0 N–H and O–H groups in total. The normalized spacial score (nSPS) is 9.93. The number of methoxy groups -OCH3 is 1. The van der Waals surface area contributed by atoms with Crippen molar-refractivity contribution in [1.82, 2.24) is 4.98 Å². The highest BCUT2D eigenvalue weighted by Crippen LogP contribution is 2.08. The highest BCUT2D eigenvalue weighted by Gasteiger charge is 2.07. The largest absolute Gasteiger partial charge is 0.469 e. The molecule has 0 radical (unpaired) electrons. The predicted octanol–water partition coefficient (Wildman–Crippen LogP) is 1.60. The molecule has 0 aromatic carbocycles. The molecule has 0 atom stereocenters. The van der Waals surface area contributed by atoms with Crippen LogP contribution in [0.3, 0.4) is 0 Å². The lowest BCUT2D eigenvalue weighted by Gasteiger charge is -1.98. The van der Waals surface area contributed by atoms with Crippen molar-refractivity contribution in [3.8, 4) is 0 Å². The molecule has 1 rings (SSSR count). The van der Waals surface area contributed by atoms with Crippen molar-refractivity contribution in [3.63, 3.8) is 0 Å². The van der Waals surface area contributed by atoms with E-state index < -0.39 is 0 Å². The summed E-state index contributed by atoms with van der Waals surface area (Å²) in [5.41, 5.74) is 0. The number of esters is 1. The number of aromatic nitrogens is 1. The number of rotatable bonds is 6. The summed E-state index contributed by atoms with van der Waals surface area (Å²) in [6.45, 7) is 0. The molecule has 0 aliphatic rings. The van der Waals surface area contributed by atoms with Crippen molar-refractivity contribution < 1.29 is 14.3 Å². The number of aryl methyl sites for hydroxylation is 1. The Morgan fingerprint density at radius 2 is 2.20 bits per heavy atom. The van der Waals surface area contributed by atoms with Gasteiger partial charge in [-0.15, -0.1) is 11.3 Å². The van der Waals surface area contributed by atoms with E-state index in [0.29, 0.717) is 12.8 Å². The summed E-state index contributed by atoms with van der Waals surface area (Å²) < 4.78 is 4.45. The minimum Gasteiger partial charge on any atom is -0.469 e. The number of thiazole rings is 1. The van der Waals surface area contributed by atoms with Crippen molar-refractivity contribution in [2.45, 2.75) is 25.7 Å². The van der Waals surface area contributed by atoms with Gasteiger partial charge in [-0.25, -0.2) is 4.98 Å². The Hall–Kier alpha value is -1.23. The summed E-state index contributed by atoms with van der Waals surface area (Å²) in [6.07, 6.45) is 3.27. The zero-order chi connectivity index (χ0) is 11.1. The minimum absolute atomic E-state index is 0.0793. The van der Waals surface area contributed by atoms with E-state index in [0.717, 1.165) is 5.01 Å². The van der Waals surface area contributed by atoms with Crippen LogP contribution in [0.25, 0.3) is 0 Å². The van der Waals surface area contributed by atoms with Gasteiger partial charge in [0.1, 0.15) is 5.78 Å². The fourth-order valence-corrected chi connectivity index (χ4v) is 1.71. The quantitative estimate of drug-likeness (QED) is 0.693. The third kappa shape index (κ3) is 4.69. The maximum atomic E-state index is 11.3. The molecule has 0 saturated carbocycles. The molecule has 0 aliphatic carbocycles. The maximum Gasteiger partial charge on any atom is 0.305 e. The number of ketones is 1. The van der Waals surface area contributed by atoms with Gasteiger partial charge in [-0.05, 0) is 0 Å². The smallest absolute Gasteiger partial charge is 0.305 e. The molecular formula is C10H13NO3S. The fraction of sp³-hybridized carbons (Fsp3) is 0.500. The number of hydrogen-bond acceptors (Lipinski definition) is 5. The summed E-state index contributed by atoms with van der Waals surface area (Å²) in [6, 6.07) is 0. The topological polar surface area (TPSA) is 56.3 Å². The monoisotopic (exact) mass is 227 g/mol. The highest BCUT2D eigenvalue weighted by molar-refractivity contribution is 7.09. The third-order valence-electron chi connectivity index (χ3n) is 1.94. The lowest BCUT2D eigenvalue weighted by atomic mass is 10.1. The Morgan fingerprint density at radius 3 is 2.80 bits per heavy atom. The van der Waals surface area contributed by atoms with Gasteiger partial charge in [0.2, 0.25) is 0 Å². The van der Waals surface area contributed by atoms with E-state index >= 15 is 0 Å². The number of carbonyl (C=O) groups is 2. The summed E-state index contributed by atoms with van der Waals surface area (Å²) >= 11 is 1.54. The lowest BCUT2D eigenvalue weighted by Crippen LogP contribution is -2.06. The maximum absolute atomic E-state index is 11.3. The van der Waals surface area contributed by atoms with E-state index in [1.807, 2.05) is 5.38 Å². The minimum atomic E-state index is -0.336. The predicted molar refractivity (Wildman–Crippen MR) is 56.7 cm³/mol. The van der Waals surface area contributed by atoms with E-state index in [-0.39, 0.29) is 24.6 Å². The average Bonchev–Trinajstić information content (AvgIpc) is 2.75. The first-order valence-electron chi connectivity index (χ1n) is 4.69. The molecule has 0 saturated heterocycles. The Kier molecular flexibility index (Phi) is 4.97. The van der Waals surface area contributed by atoms with Crippen molar-refractivity contribution in [3.05, 3.63) is 16.6 Å². The van der Waals surface area contributed by atoms with Gasteiger partial charge in [0, 0.05) is 30.8 Å². The standard InChI is InChI=1S/C10H13NO3S/c1-14-10(13)5-3-8(12)2-4-9-11-6-7-15-9/h6-7H,2-5H2,1H3. The van der Waals surface area contributed by atoms with Crippen molar-refractivity contribution >= 4 is 23.1 Å². The molecule has 0 aliphatic heterocycles. The van der Waals surface area contributed by atoms with Crippen molar-refractivity contribution in [1.29, 1.82) is 0 Å². The van der Waals surface area contributed by atoms with Crippen LogP contribution in [-0.4, -0.2) is 23.8 Å². The second kappa shape index (κ2) is 6.29. The number of ether oxygens (including phenoxy) is 1. The molecule has 0 amide bonds. The van der Waals surface area contributed by atoms with Gasteiger partial charge in [0.15, 0.2) is 0 Å². The summed E-state index contributed by atoms with van der Waals surface area (Å²) in [7, 11) is 1.32. The number of carbonyl (C=O) groups excluding carboxylic acids is 2. The molecule has 0 fully saturated rings. The molecule has 15 heavy (non-hydrogen) atoms. The van der Waals surface area contributed by atoms with Gasteiger partial charge in [-0.2, -0.15) is 0 Å². The second-order valence-corrected chi connectivity index (χ2v) is 4.02. The summed E-state index contributed by atoms with van der Waals surface area (Å²) in [5, 5.41) is 2.84. The Morgan fingerprint density at radius 1 is 1.40 bits per heavy atom. The van der Waals surface area contributed by atoms with Crippen molar-refractivity contribution in [2.24, 2.45) is 0 Å². The van der Waals surface area contributed by atoms with E-state index in [4.69, 9.17) is 0 Å². The Bertz CT molecular complexity index is 321.